The second kappa shape index (κ2) is 7.45. The van der Waals surface area contributed by atoms with Crippen molar-refractivity contribution >= 4 is 40.2 Å². The fourth-order valence-corrected chi connectivity index (χ4v) is 2.62. The first-order valence-electron chi connectivity index (χ1n) is 6.89. The molecule has 23 heavy (non-hydrogen) atoms. The SMILES string of the molecule is Cc1ccc(O)c(C(=O)OCC(=O)Nc2ccc(I)cc2C)c1. The van der Waals surface area contributed by atoms with E-state index in [9.17, 15) is 14.7 Å². The number of nitrogens with one attached hydrogen (secondary N) is 1. The highest BCUT2D eigenvalue weighted by Gasteiger charge is 2.15. The van der Waals surface area contributed by atoms with Crippen LogP contribution in [-0.2, 0) is 9.53 Å². The maximum absolute atomic E-state index is 11.9. The Morgan fingerprint density at radius 3 is 2.61 bits per heavy atom. The number of aromatic hydroxyl groups is 1. The number of hydrogen-bond acceptors (Lipinski definition) is 4. The number of ether oxygens (including phenoxy) is 1. The van der Waals surface area contributed by atoms with E-state index in [0.29, 0.717) is 5.69 Å². The molecular weight excluding hydrogens is 409 g/mol. The smallest absolute Gasteiger partial charge is 0.342 e. The summed E-state index contributed by atoms with van der Waals surface area (Å²) in [6, 6.07) is 10.2. The quantitative estimate of drug-likeness (QED) is 0.582. The van der Waals surface area contributed by atoms with E-state index in [1.807, 2.05) is 19.1 Å². The van der Waals surface area contributed by atoms with Crippen molar-refractivity contribution in [3.63, 3.8) is 0 Å². The van der Waals surface area contributed by atoms with Crippen LogP contribution >= 0.6 is 22.6 Å². The summed E-state index contributed by atoms with van der Waals surface area (Å²) < 4.78 is 6.02. The Morgan fingerprint density at radius 2 is 1.91 bits per heavy atom. The minimum absolute atomic E-state index is 0.0447. The molecule has 0 fully saturated rings. The topological polar surface area (TPSA) is 75.6 Å². The number of carbonyl (C=O) groups excluding carboxylic acids is 2. The molecule has 0 saturated carbocycles. The molecule has 0 aromatic heterocycles. The molecule has 0 unspecified atom stereocenters. The third-order valence-electron chi connectivity index (χ3n) is 3.17. The first kappa shape index (κ1) is 17.3. The molecular formula is C17H16INO4. The van der Waals surface area contributed by atoms with Crippen LogP contribution in [0.1, 0.15) is 21.5 Å². The fourth-order valence-electron chi connectivity index (χ4n) is 1.98. The van der Waals surface area contributed by atoms with Crippen molar-refractivity contribution in [2.24, 2.45) is 0 Å². The summed E-state index contributed by atoms with van der Waals surface area (Å²) in [5.41, 5.74) is 2.45. The Balaban J connectivity index is 1.96. The van der Waals surface area contributed by atoms with Gasteiger partial charge in [0.25, 0.3) is 5.91 Å². The largest absolute Gasteiger partial charge is 0.507 e. The molecule has 0 heterocycles. The van der Waals surface area contributed by atoms with Gasteiger partial charge in [0.2, 0.25) is 0 Å². The van der Waals surface area contributed by atoms with Crippen LogP contribution in [0.3, 0.4) is 0 Å². The summed E-state index contributed by atoms with van der Waals surface area (Å²) in [4.78, 5) is 23.8. The number of esters is 1. The molecule has 2 aromatic carbocycles. The van der Waals surface area contributed by atoms with Gasteiger partial charge in [-0.25, -0.2) is 4.79 Å². The molecule has 0 atom stereocenters. The van der Waals surface area contributed by atoms with Gasteiger partial charge in [0.1, 0.15) is 11.3 Å². The van der Waals surface area contributed by atoms with Crippen LogP contribution < -0.4 is 5.32 Å². The summed E-state index contributed by atoms with van der Waals surface area (Å²) in [6.45, 7) is 3.26. The Hall–Kier alpha value is -2.09. The van der Waals surface area contributed by atoms with Crippen LogP contribution in [-0.4, -0.2) is 23.6 Å². The number of rotatable bonds is 4. The zero-order chi connectivity index (χ0) is 17.0. The summed E-state index contributed by atoms with van der Waals surface area (Å²) >= 11 is 2.19. The minimum Gasteiger partial charge on any atom is -0.507 e. The zero-order valence-electron chi connectivity index (χ0n) is 12.7. The van der Waals surface area contributed by atoms with E-state index < -0.39 is 18.5 Å². The lowest BCUT2D eigenvalue weighted by Gasteiger charge is -2.10. The number of halogens is 1. The molecule has 5 nitrogen and oxygen atoms in total. The van der Waals surface area contributed by atoms with E-state index in [4.69, 9.17) is 4.74 Å². The van der Waals surface area contributed by atoms with E-state index in [1.165, 1.54) is 12.1 Å². The molecule has 120 valence electrons. The van der Waals surface area contributed by atoms with Crippen molar-refractivity contribution in [1.29, 1.82) is 0 Å². The lowest BCUT2D eigenvalue weighted by Crippen LogP contribution is -2.21. The van der Waals surface area contributed by atoms with Crippen LogP contribution in [0.4, 0.5) is 5.69 Å². The molecule has 2 N–H and O–H groups in total. The Bertz CT molecular complexity index is 758. The number of carbonyl (C=O) groups is 2. The zero-order valence-corrected chi connectivity index (χ0v) is 14.9. The van der Waals surface area contributed by atoms with Crippen LogP contribution in [0.2, 0.25) is 0 Å². The standard InChI is InChI=1S/C17H16INO4/c1-10-3-6-15(20)13(7-10)17(22)23-9-16(21)19-14-5-4-12(18)8-11(14)2/h3-8,20H,9H2,1-2H3,(H,19,21). The average Bonchev–Trinajstić information content (AvgIpc) is 2.50. The van der Waals surface area contributed by atoms with Gasteiger partial charge in [0.05, 0.1) is 0 Å². The third kappa shape index (κ3) is 4.69. The molecule has 1 amide bonds. The highest BCUT2D eigenvalue weighted by molar-refractivity contribution is 14.1. The summed E-state index contributed by atoms with van der Waals surface area (Å²) in [7, 11) is 0. The monoisotopic (exact) mass is 425 g/mol. The third-order valence-corrected chi connectivity index (χ3v) is 3.84. The summed E-state index contributed by atoms with van der Waals surface area (Å²) in [5, 5.41) is 12.4. The van der Waals surface area contributed by atoms with E-state index in [1.54, 1.807) is 19.1 Å². The van der Waals surface area contributed by atoms with E-state index in [-0.39, 0.29) is 11.3 Å². The maximum atomic E-state index is 11.9. The van der Waals surface area contributed by atoms with Crippen molar-refractivity contribution in [1.82, 2.24) is 0 Å². The van der Waals surface area contributed by atoms with Gasteiger partial charge in [0, 0.05) is 9.26 Å². The van der Waals surface area contributed by atoms with E-state index in [2.05, 4.69) is 27.9 Å². The first-order chi connectivity index (χ1) is 10.9. The molecule has 0 spiro atoms. The van der Waals surface area contributed by atoms with Gasteiger partial charge in [-0.1, -0.05) is 11.6 Å². The van der Waals surface area contributed by atoms with Gasteiger partial charge in [-0.15, -0.1) is 0 Å². The van der Waals surface area contributed by atoms with Gasteiger partial charge in [-0.2, -0.15) is 0 Å². The molecule has 2 rings (SSSR count). The number of hydrogen-bond donors (Lipinski definition) is 2. The number of phenols is 1. The Labute approximate surface area is 147 Å². The number of aryl methyl sites for hydroxylation is 2. The average molecular weight is 425 g/mol. The first-order valence-corrected chi connectivity index (χ1v) is 7.97. The lowest BCUT2D eigenvalue weighted by molar-refractivity contribution is -0.119. The molecule has 0 aliphatic carbocycles. The van der Waals surface area contributed by atoms with Crippen molar-refractivity contribution < 1.29 is 19.4 Å². The number of phenolic OH excluding ortho intramolecular Hbond substituents is 1. The molecule has 0 aliphatic heterocycles. The highest BCUT2D eigenvalue weighted by atomic mass is 127. The number of benzene rings is 2. The summed E-state index contributed by atoms with van der Waals surface area (Å²) in [6.07, 6.45) is 0. The highest BCUT2D eigenvalue weighted by Crippen LogP contribution is 2.20. The minimum atomic E-state index is -0.735. The van der Waals surface area contributed by atoms with E-state index >= 15 is 0 Å². The van der Waals surface area contributed by atoms with Crippen LogP contribution in [0.25, 0.3) is 0 Å². The number of anilines is 1. The van der Waals surface area contributed by atoms with Crippen molar-refractivity contribution in [2.75, 3.05) is 11.9 Å². The second-order valence-corrected chi connectivity index (χ2v) is 6.35. The normalized spacial score (nSPS) is 10.2. The van der Waals surface area contributed by atoms with Crippen molar-refractivity contribution in [2.45, 2.75) is 13.8 Å². The molecule has 0 saturated heterocycles. The summed E-state index contributed by atoms with van der Waals surface area (Å²) in [5.74, 6) is -1.34. The van der Waals surface area contributed by atoms with Crippen molar-refractivity contribution in [3.8, 4) is 5.75 Å². The molecule has 0 bridgehead atoms. The van der Waals surface area contributed by atoms with Crippen LogP contribution in [0.5, 0.6) is 5.75 Å². The van der Waals surface area contributed by atoms with Gasteiger partial charge in [-0.3, -0.25) is 4.79 Å². The second-order valence-electron chi connectivity index (χ2n) is 5.10. The fraction of sp³-hybridized carbons (Fsp3) is 0.176. The van der Waals surface area contributed by atoms with Gasteiger partial charge < -0.3 is 15.2 Å². The van der Waals surface area contributed by atoms with Gasteiger partial charge in [0.15, 0.2) is 6.61 Å². The Morgan fingerprint density at radius 1 is 1.17 bits per heavy atom. The van der Waals surface area contributed by atoms with E-state index in [0.717, 1.165) is 14.7 Å². The maximum Gasteiger partial charge on any atom is 0.342 e. The van der Waals surface area contributed by atoms with Gasteiger partial charge >= 0.3 is 5.97 Å². The molecule has 0 radical (unpaired) electrons. The van der Waals surface area contributed by atoms with Crippen LogP contribution in [0.15, 0.2) is 36.4 Å². The van der Waals surface area contributed by atoms with Crippen molar-refractivity contribution in [3.05, 3.63) is 56.7 Å². The Kier molecular flexibility index (Phi) is 5.59. The predicted octanol–water partition coefficient (Wildman–Crippen LogP) is 3.41. The van der Waals surface area contributed by atoms with Gasteiger partial charge in [-0.05, 0) is 72.3 Å². The number of amides is 1. The predicted molar refractivity (Wildman–Crippen MR) is 95.7 cm³/mol. The molecule has 6 heteroatoms. The molecule has 0 aliphatic rings. The van der Waals surface area contributed by atoms with Crippen LogP contribution in [0, 0.1) is 17.4 Å². The molecule has 2 aromatic rings. The lowest BCUT2D eigenvalue weighted by atomic mass is 10.1.